The number of carbonyl (C=O) groups is 2. The zero-order chi connectivity index (χ0) is 10.4. The Morgan fingerprint density at radius 3 is 2.57 bits per heavy atom. The minimum atomic E-state index is -0.434. The van der Waals surface area contributed by atoms with E-state index in [1.165, 1.54) is 6.92 Å². The van der Waals surface area contributed by atoms with Crippen molar-refractivity contribution < 1.29 is 14.4 Å². The molecular formula is C10H11NO3. The molecule has 0 N–H and O–H groups in total. The predicted octanol–water partition coefficient (Wildman–Crippen LogP) is 1.12. The van der Waals surface area contributed by atoms with Gasteiger partial charge in [-0.2, -0.15) is 5.06 Å². The fourth-order valence-electron chi connectivity index (χ4n) is 0.914. The van der Waals surface area contributed by atoms with Gasteiger partial charge in [0.15, 0.2) is 0 Å². The van der Waals surface area contributed by atoms with E-state index in [4.69, 9.17) is 4.84 Å². The molecule has 0 aromatic heterocycles. The van der Waals surface area contributed by atoms with Crippen LogP contribution in [0.15, 0.2) is 30.3 Å². The van der Waals surface area contributed by atoms with E-state index in [1.807, 2.05) is 30.3 Å². The van der Waals surface area contributed by atoms with Gasteiger partial charge in [-0.15, -0.1) is 0 Å². The fourth-order valence-corrected chi connectivity index (χ4v) is 0.914. The molecule has 0 heterocycles. The number of carbonyl (C=O) groups excluding carboxylic acids is 2. The average molecular weight is 193 g/mol. The molecule has 0 aliphatic carbocycles. The first-order valence-electron chi connectivity index (χ1n) is 4.16. The highest BCUT2D eigenvalue weighted by molar-refractivity contribution is 5.82. The molecule has 1 rings (SSSR count). The van der Waals surface area contributed by atoms with Gasteiger partial charge in [-0.05, 0) is 5.56 Å². The second kappa shape index (κ2) is 5.14. The van der Waals surface area contributed by atoms with Gasteiger partial charge in [-0.3, -0.25) is 14.4 Å². The number of rotatable bonds is 4. The van der Waals surface area contributed by atoms with Crippen molar-refractivity contribution in [3.8, 4) is 0 Å². The molecule has 0 saturated carbocycles. The second-order valence-corrected chi connectivity index (χ2v) is 2.71. The van der Waals surface area contributed by atoms with Crippen molar-refractivity contribution in [2.75, 3.05) is 0 Å². The lowest BCUT2D eigenvalue weighted by molar-refractivity contribution is -0.188. The molecule has 0 unspecified atom stereocenters. The highest BCUT2D eigenvalue weighted by Gasteiger charge is 2.06. The summed E-state index contributed by atoms with van der Waals surface area (Å²) in [6.45, 7) is 1.47. The summed E-state index contributed by atoms with van der Waals surface area (Å²) in [5.74, 6) is -0.434. The summed E-state index contributed by atoms with van der Waals surface area (Å²) < 4.78 is 0. The molecule has 0 aliphatic heterocycles. The van der Waals surface area contributed by atoms with Gasteiger partial charge in [0.25, 0.3) is 0 Å². The molecule has 14 heavy (non-hydrogen) atoms. The number of benzene rings is 1. The van der Waals surface area contributed by atoms with Crippen LogP contribution < -0.4 is 0 Å². The molecule has 0 spiro atoms. The molecule has 2 amide bonds. The summed E-state index contributed by atoms with van der Waals surface area (Å²) >= 11 is 0. The number of nitrogens with zero attached hydrogens (tertiary/aromatic N) is 1. The second-order valence-electron chi connectivity index (χ2n) is 2.71. The van der Waals surface area contributed by atoms with E-state index >= 15 is 0 Å². The smallest absolute Gasteiger partial charge is 0.250 e. The van der Waals surface area contributed by atoms with Crippen molar-refractivity contribution in [3.05, 3.63) is 35.9 Å². The van der Waals surface area contributed by atoms with Crippen molar-refractivity contribution in [3.63, 3.8) is 0 Å². The predicted molar refractivity (Wildman–Crippen MR) is 49.8 cm³/mol. The van der Waals surface area contributed by atoms with Crippen molar-refractivity contribution in [1.29, 1.82) is 0 Å². The molecule has 0 fully saturated rings. The molecule has 1 aromatic carbocycles. The molecule has 1 aromatic rings. The Morgan fingerprint density at radius 2 is 2.07 bits per heavy atom. The van der Waals surface area contributed by atoms with Crippen LogP contribution >= 0.6 is 0 Å². The van der Waals surface area contributed by atoms with Crippen molar-refractivity contribution in [1.82, 2.24) is 5.06 Å². The lowest BCUT2D eigenvalue weighted by atomic mass is 10.2. The third kappa shape index (κ3) is 2.99. The standard InChI is InChI=1S/C10H11NO3/c1-9(13)11(8-12)14-7-10-5-3-2-4-6-10/h2-6,8H,7H2,1H3. The van der Waals surface area contributed by atoms with Crippen molar-refractivity contribution in [2.24, 2.45) is 0 Å². The molecule has 0 atom stereocenters. The Bertz CT molecular complexity index is 310. The molecule has 4 heteroatoms. The van der Waals surface area contributed by atoms with E-state index in [1.54, 1.807) is 0 Å². The van der Waals surface area contributed by atoms with Crippen LogP contribution in [0.1, 0.15) is 12.5 Å². The summed E-state index contributed by atoms with van der Waals surface area (Å²) in [5, 5.41) is 0.674. The molecule has 4 nitrogen and oxygen atoms in total. The number of amides is 2. The summed E-state index contributed by atoms with van der Waals surface area (Å²) in [6, 6.07) is 9.30. The SMILES string of the molecule is CC(=O)N(C=O)OCc1ccccc1. The normalized spacial score (nSPS) is 9.50. The molecule has 0 saturated heterocycles. The minimum Gasteiger partial charge on any atom is -0.276 e. The molecule has 0 bridgehead atoms. The first-order valence-corrected chi connectivity index (χ1v) is 4.16. The Kier molecular flexibility index (Phi) is 3.82. The summed E-state index contributed by atoms with van der Waals surface area (Å²) in [5.41, 5.74) is 0.903. The first-order chi connectivity index (χ1) is 6.74. The van der Waals surface area contributed by atoms with Crippen LogP contribution in [-0.4, -0.2) is 17.4 Å². The van der Waals surface area contributed by atoms with Gasteiger partial charge in [-0.1, -0.05) is 30.3 Å². The molecular weight excluding hydrogens is 182 g/mol. The van der Waals surface area contributed by atoms with E-state index < -0.39 is 5.91 Å². The van der Waals surface area contributed by atoms with E-state index in [-0.39, 0.29) is 6.61 Å². The van der Waals surface area contributed by atoms with Crippen LogP contribution in [0.2, 0.25) is 0 Å². The third-order valence-corrected chi connectivity index (χ3v) is 1.62. The Morgan fingerprint density at radius 1 is 1.43 bits per heavy atom. The topological polar surface area (TPSA) is 46.6 Å². The van der Waals surface area contributed by atoms with Crippen molar-refractivity contribution >= 4 is 12.3 Å². The largest absolute Gasteiger partial charge is 0.276 e. The van der Waals surface area contributed by atoms with Crippen LogP contribution in [0.3, 0.4) is 0 Å². The zero-order valence-electron chi connectivity index (χ0n) is 7.84. The maximum Gasteiger partial charge on any atom is 0.250 e. The van der Waals surface area contributed by atoms with Crippen LogP contribution in [0.5, 0.6) is 0 Å². The third-order valence-electron chi connectivity index (χ3n) is 1.62. The number of imide groups is 1. The Hall–Kier alpha value is -1.68. The number of hydroxylamine groups is 2. The van der Waals surface area contributed by atoms with Gasteiger partial charge < -0.3 is 0 Å². The molecule has 0 aliphatic rings. The van der Waals surface area contributed by atoms with Gasteiger partial charge in [0, 0.05) is 6.92 Å². The average Bonchev–Trinajstić information content (AvgIpc) is 2.20. The van der Waals surface area contributed by atoms with Crippen LogP contribution in [0, 0.1) is 0 Å². The summed E-state index contributed by atoms with van der Waals surface area (Å²) in [7, 11) is 0. The van der Waals surface area contributed by atoms with Crippen LogP contribution in [-0.2, 0) is 21.0 Å². The van der Waals surface area contributed by atoms with Crippen LogP contribution in [0.4, 0.5) is 0 Å². The van der Waals surface area contributed by atoms with Gasteiger partial charge in [0.05, 0.1) is 0 Å². The fraction of sp³-hybridized carbons (Fsp3) is 0.200. The van der Waals surface area contributed by atoms with E-state index in [0.29, 0.717) is 11.5 Å². The van der Waals surface area contributed by atoms with E-state index in [9.17, 15) is 9.59 Å². The molecule has 74 valence electrons. The minimum absolute atomic E-state index is 0.207. The van der Waals surface area contributed by atoms with Gasteiger partial charge in [-0.25, -0.2) is 0 Å². The first kappa shape index (κ1) is 10.4. The Labute approximate surface area is 82.0 Å². The maximum atomic E-state index is 10.8. The lowest BCUT2D eigenvalue weighted by Crippen LogP contribution is -2.27. The zero-order valence-corrected chi connectivity index (χ0v) is 7.84. The van der Waals surface area contributed by atoms with Crippen molar-refractivity contribution in [2.45, 2.75) is 13.5 Å². The van der Waals surface area contributed by atoms with Gasteiger partial charge in [0.2, 0.25) is 12.3 Å². The highest BCUT2D eigenvalue weighted by Crippen LogP contribution is 2.01. The summed E-state index contributed by atoms with van der Waals surface area (Å²) in [6.07, 6.45) is 0.352. The van der Waals surface area contributed by atoms with Gasteiger partial charge in [0.1, 0.15) is 6.61 Å². The molecule has 0 radical (unpaired) electrons. The maximum absolute atomic E-state index is 10.8. The highest BCUT2D eigenvalue weighted by atomic mass is 16.7. The number of hydrogen-bond donors (Lipinski definition) is 0. The van der Waals surface area contributed by atoms with E-state index in [2.05, 4.69) is 0 Å². The van der Waals surface area contributed by atoms with E-state index in [0.717, 1.165) is 5.56 Å². The monoisotopic (exact) mass is 193 g/mol. The quantitative estimate of drug-likeness (QED) is 0.531. The summed E-state index contributed by atoms with van der Waals surface area (Å²) in [4.78, 5) is 26.1. The Balaban J connectivity index is 2.47. The lowest BCUT2D eigenvalue weighted by Gasteiger charge is -2.12. The van der Waals surface area contributed by atoms with Crippen LogP contribution in [0.25, 0.3) is 0 Å². The number of hydrogen-bond acceptors (Lipinski definition) is 3. The van der Waals surface area contributed by atoms with Gasteiger partial charge >= 0.3 is 0 Å².